The second kappa shape index (κ2) is 8.73. The van der Waals surface area contributed by atoms with Gasteiger partial charge in [0.1, 0.15) is 5.75 Å². The molecule has 2 rings (SSSR count). The lowest BCUT2D eigenvalue weighted by molar-refractivity contribution is 0.0955. The number of nitrogens with one attached hydrogen (secondary N) is 1. The summed E-state index contributed by atoms with van der Waals surface area (Å²) in [5, 5.41) is 3.99. The Labute approximate surface area is 137 Å². The Morgan fingerprint density at radius 1 is 1.09 bits per heavy atom. The van der Waals surface area contributed by atoms with Gasteiger partial charge in [-0.25, -0.2) is 5.43 Å². The van der Waals surface area contributed by atoms with Crippen molar-refractivity contribution in [3.8, 4) is 5.75 Å². The maximum Gasteiger partial charge on any atom is 0.271 e. The molecule has 0 aliphatic heterocycles. The minimum Gasteiger partial charge on any atom is -0.494 e. The third-order valence-corrected chi connectivity index (χ3v) is 3.36. The van der Waals surface area contributed by atoms with Crippen molar-refractivity contribution < 1.29 is 9.53 Å². The van der Waals surface area contributed by atoms with Crippen LogP contribution in [0.15, 0.2) is 53.6 Å². The van der Waals surface area contributed by atoms with Gasteiger partial charge in [0.05, 0.1) is 12.8 Å². The van der Waals surface area contributed by atoms with E-state index in [1.54, 1.807) is 6.21 Å². The molecule has 0 atom stereocenters. The van der Waals surface area contributed by atoms with Gasteiger partial charge in [-0.2, -0.15) is 5.10 Å². The molecule has 0 aromatic heterocycles. The van der Waals surface area contributed by atoms with Crippen LogP contribution in [-0.2, 0) is 6.42 Å². The molecule has 0 unspecified atom stereocenters. The summed E-state index contributed by atoms with van der Waals surface area (Å²) in [5.74, 6) is 0.621. The molecule has 0 aliphatic rings. The van der Waals surface area contributed by atoms with Gasteiger partial charge in [0.2, 0.25) is 0 Å². The summed E-state index contributed by atoms with van der Waals surface area (Å²) in [5.41, 5.74) is 5.24. The minimum atomic E-state index is -0.216. The van der Waals surface area contributed by atoms with Gasteiger partial charge in [-0.3, -0.25) is 4.79 Å². The van der Waals surface area contributed by atoms with Crippen LogP contribution in [-0.4, -0.2) is 18.7 Å². The fourth-order valence-electron chi connectivity index (χ4n) is 1.99. The van der Waals surface area contributed by atoms with Gasteiger partial charge in [-0.15, -0.1) is 0 Å². The van der Waals surface area contributed by atoms with E-state index in [2.05, 4.69) is 24.4 Å². The molecular weight excluding hydrogens is 288 g/mol. The van der Waals surface area contributed by atoms with Crippen molar-refractivity contribution in [1.82, 2.24) is 5.43 Å². The van der Waals surface area contributed by atoms with Crippen LogP contribution in [0, 0.1) is 0 Å². The van der Waals surface area contributed by atoms with Crippen molar-refractivity contribution in [1.29, 1.82) is 0 Å². The molecule has 0 spiro atoms. The summed E-state index contributed by atoms with van der Waals surface area (Å²) in [6, 6.07) is 15.1. The average Bonchev–Trinajstić information content (AvgIpc) is 2.61. The van der Waals surface area contributed by atoms with Crippen molar-refractivity contribution in [3.63, 3.8) is 0 Å². The van der Waals surface area contributed by atoms with Gasteiger partial charge in [-0.1, -0.05) is 26.0 Å². The zero-order valence-electron chi connectivity index (χ0n) is 13.6. The number of amides is 1. The smallest absolute Gasteiger partial charge is 0.271 e. The molecule has 2 aromatic rings. The van der Waals surface area contributed by atoms with E-state index in [1.807, 2.05) is 48.5 Å². The maximum absolute atomic E-state index is 12.0. The number of rotatable bonds is 7. The molecule has 120 valence electrons. The van der Waals surface area contributed by atoms with Gasteiger partial charge in [0.25, 0.3) is 5.91 Å². The number of hydrogen-bond acceptors (Lipinski definition) is 3. The van der Waals surface area contributed by atoms with Crippen molar-refractivity contribution >= 4 is 12.1 Å². The summed E-state index contributed by atoms with van der Waals surface area (Å²) in [6.45, 7) is 4.86. The van der Waals surface area contributed by atoms with Gasteiger partial charge in [-0.05, 0) is 60.4 Å². The van der Waals surface area contributed by atoms with Crippen LogP contribution in [0.4, 0.5) is 0 Å². The van der Waals surface area contributed by atoms with E-state index in [0.717, 1.165) is 24.2 Å². The first kappa shape index (κ1) is 16.7. The number of benzene rings is 2. The largest absolute Gasteiger partial charge is 0.494 e. The Morgan fingerprint density at radius 2 is 1.78 bits per heavy atom. The third-order valence-electron chi connectivity index (χ3n) is 3.36. The number of carbonyl (C=O) groups is 1. The highest BCUT2D eigenvalue weighted by Gasteiger charge is 2.03. The average molecular weight is 310 g/mol. The van der Waals surface area contributed by atoms with Crippen molar-refractivity contribution in [2.75, 3.05) is 6.61 Å². The van der Waals surface area contributed by atoms with E-state index in [4.69, 9.17) is 4.74 Å². The van der Waals surface area contributed by atoms with Gasteiger partial charge in [0.15, 0.2) is 0 Å². The highest BCUT2D eigenvalue weighted by Crippen LogP contribution is 2.11. The van der Waals surface area contributed by atoms with E-state index in [-0.39, 0.29) is 5.91 Å². The van der Waals surface area contributed by atoms with Crippen LogP contribution in [0.2, 0.25) is 0 Å². The monoisotopic (exact) mass is 310 g/mol. The zero-order chi connectivity index (χ0) is 16.5. The molecule has 0 fully saturated rings. The number of aryl methyl sites for hydroxylation is 1. The summed E-state index contributed by atoms with van der Waals surface area (Å²) >= 11 is 0. The van der Waals surface area contributed by atoms with E-state index in [9.17, 15) is 4.79 Å². The van der Waals surface area contributed by atoms with Gasteiger partial charge in [0, 0.05) is 5.56 Å². The Morgan fingerprint density at radius 3 is 2.39 bits per heavy atom. The first-order chi connectivity index (χ1) is 11.2. The normalized spacial score (nSPS) is 10.7. The fourth-order valence-corrected chi connectivity index (χ4v) is 1.99. The molecule has 0 saturated carbocycles. The predicted octanol–water partition coefficient (Wildman–Crippen LogP) is 3.80. The summed E-state index contributed by atoms with van der Waals surface area (Å²) < 4.78 is 5.52. The predicted molar refractivity (Wildman–Crippen MR) is 93.1 cm³/mol. The molecule has 0 radical (unpaired) electrons. The lowest BCUT2D eigenvalue weighted by atomic mass is 10.1. The number of hydrogen-bond donors (Lipinski definition) is 1. The second-order valence-electron chi connectivity index (χ2n) is 5.17. The van der Waals surface area contributed by atoms with Crippen molar-refractivity contribution in [2.45, 2.75) is 26.7 Å². The van der Waals surface area contributed by atoms with Crippen LogP contribution in [0.1, 0.15) is 41.8 Å². The minimum absolute atomic E-state index is 0.216. The summed E-state index contributed by atoms with van der Waals surface area (Å²) in [7, 11) is 0. The zero-order valence-corrected chi connectivity index (χ0v) is 13.6. The summed E-state index contributed by atoms with van der Waals surface area (Å²) in [4.78, 5) is 12.0. The Hall–Kier alpha value is -2.62. The third kappa shape index (κ3) is 5.25. The SMILES string of the molecule is CCCOc1ccc(/C=N\NC(=O)c2ccc(CC)cc2)cc1. The topological polar surface area (TPSA) is 50.7 Å². The number of ether oxygens (including phenoxy) is 1. The molecular formula is C19H22N2O2. The van der Waals surface area contributed by atoms with E-state index in [1.165, 1.54) is 5.56 Å². The molecule has 0 heterocycles. The molecule has 1 N–H and O–H groups in total. The Kier molecular flexibility index (Phi) is 6.36. The Bertz CT molecular complexity index is 646. The van der Waals surface area contributed by atoms with Crippen LogP contribution >= 0.6 is 0 Å². The molecule has 2 aromatic carbocycles. The Balaban J connectivity index is 1.88. The van der Waals surface area contributed by atoms with Crippen LogP contribution in [0.5, 0.6) is 5.75 Å². The highest BCUT2D eigenvalue weighted by molar-refractivity contribution is 5.94. The number of hydrazone groups is 1. The molecule has 0 saturated heterocycles. The molecule has 4 nitrogen and oxygen atoms in total. The van der Waals surface area contributed by atoms with Crippen LogP contribution < -0.4 is 10.2 Å². The number of carbonyl (C=O) groups excluding carboxylic acids is 1. The highest BCUT2D eigenvalue weighted by atomic mass is 16.5. The van der Waals surface area contributed by atoms with Crippen LogP contribution in [0.25, 0.3) is 0 Å². The van der Waals surface area contributed by atoms with Crippen LogP contribution in [0.3, 0.4) is 0 Å². The first-order valence-electron chi connectivity index (χ1n) is 7.88. The van der Waals surface area contributed by atoms with E-state index in [0.29, 0.717) is 12.2 Å². The van der Waals surface area contributed by atoms with E-state index >= 15 is 0 Å². The number of nitrogens with zero attached hydrogens (tertiary/aromatic N) is 1. The quantitative estimate of drug-likeness (QED) is 0.624. The second-order valence-corrected chi connectivity index (χ2v) is 5.17. The van der Waals surface area contributed by atoms with Gasteiger partial charge < -0.3 is 4.74 Å². The molecule has 4 heteroatoms. The molecule has 23 heavy (non-hydrogen) atoms. The van der Waals surface area contributed by atoms with Crippen molar-refractivity contribution in [3.05, 3.63) is 65.2 Å². The fraction of sp³-hybridized carbons (Fsp3) is 0.263. The van der Waals surface area contributed by atoms with E-state index < -0.39 is 0 Å². The maximum atomic E-state index is 12.0. The lowest BCUT2D eigenvalue weighted by Gasteiger charge is -2.04. The lowest BCUT2D eigenvalue weighted by Crippen LogP contribution is -2.17. The first-order valence-corrected chi connectivity index (χ1v) is 7.88. The standard InChI is InChI=1S/C19H22N2O2/c1-3-13-23-18-11-7-16(8-12-18)14-20-21-19(22)17-9-5-15(4-2)6-10-17/h5-12,14H,3-4,13H2,1-2H3,(H,21,22)/b20-14-. The molecule has 0 aliphatic carbocycles. The summed E-state index contributed by atoms with van der Waals surface area (Å²) in [6.07, 6.45) is 3.55. The molecule has 1 amide bonds. The molecule has 0 bridgehead atoms. The van der Waals surface area contributed by atoms with Crippen molar-refractivity contribution in [2.24, 2.45) is 5.10 Å². The van der Waals surface area contributed by atoms with Gasteiger partial charge >= 0.3 is 0 Å².